The predicted molar refractivity (Wildman–Crippen MR) is 103 cm³/mol. The highest BCUT2D eigenvalue weighted by Gasteiger charge is 2.24. The molecule has 2 aromatic heterocycles. The molecule has 1 aliphatic heterocycles. The third-order valence-corrected chi connectivity index (χ3v) is 5.44. The van der Waals surface area contributed by atoms with E-state index in [-0.39, 0.29) is 11.7 Å². The molecule has 1 aromatic carbocycles. The molecule has 0 aliphatic carbocycles. The Kier molecular flexibility index (Phi) is 4.71. The highest BCUT2D eigenvalue weighted by Crippen LogP contribution is 2.25. The van der Waals surface area contributed by atoms with E-state index < -0.39 is 0 Å². The van der Waals surface area contributed by atoms with Gasteiger partial charge in [0.05, 0.1) is 10.2 Å². The van der Waals surface area contributed by atoms with E-state index in [4.69, 9.17) is 0 Å². The van der Waals surface area contributed by atoms with Crippen LogP contribution in [0.2, 0.25) is 0 Å². The van der Waals surface area contributed by atoms with Crippen LogP contribution in [0.25, 0.3) is 10.2 Å². The van der Waals surface area contributed by atoms with E-state index in [9.17, 15) is 9.90 Å². The van der Waals surface area contributed by atoms with E-state index in [1.54, 1.807) is 12.1 Å². The fraction of sp³-hybridized carbons (Fsp3) is 0.316. The number of thiophene rings is 1. The normalized spacial score (nSPS) is 14.1. The zero-order chi connectivity index (χ0) is 17.9. The Labute approximate surface area is 155 Å². The van der Waals surface area contributed by atoms with Crippen molar-refractivity contribution in [2.24, 2.45) is 0 Å². The first-order valence-electron chi connectivity index (χ1n) is 8.77. The van der Waals surface area contributed by atoms with E-state index in [1.165, 1.54) is 11.3 Å². The molecule has 0 saturated carbocycles. The zero-order valence-corrected chi connectivity index (χ0v) is 15.1. The molecule has 0 spiro atoms. The molecular weight excluding hydrogens is 348 g/mol. The van der Waals surface area contributed by atoms with Gasteiger partial charge in [-0.2, -0.15) is 0 Å². The number of anilines is 1. The molecule has 4 rings (SSSR count). The second-order valence-corrected chi connectivity index (χ2v) is 7.29. The minimum Gasteiger partial charge on any atom is -0.508 e. The van der Waals surface area contributed by atoms with E-state index >= 15 is 0 Å². The average Bonchev–Trinajstić information content (AvgIpc) is 3.34. The number of carbonyl (C=O) groups excluding carboxylic acids is 1. The zero-order valence-electron chi connectivity index (χ0n) is 14.3. The molecule has 0 radical (unpaired) electrons. The summed E-state index contributed by atoms with van der Waals surface area (Å²) in [6, 6.07) is 9.06. The van der Waals surface area contributed by atoms with Gasteiger partial charge in [-0.1, -0.05) is 12.1 Å². The number of nitrogens with one attached hydrogen (secondary N) is 1. The Hall–Kier alpha value is -2.67. The van der Waals surface area contributed by atoms with Gasteiger partial charge in [-0.3, -0.25) is 4.79 Å². The Morgan fingerprint density at radius 3 is 2.69 bits per heavy atom. The summed E-state index contributed by atoms with van der Waals surface area (Å²) in [6.45, 7) is 2.26. The maximum Gasteiger partial charge on any atom is 0.274 e. The molecule has 1 aliphatic rings. The smallest absolute Gasteiger partial charge is 0.274 e. The number of aromatic hydroxyl groups is 1. The minimum absolute atomic E-state index is 0.000986. The second kappa shape index (κ2) is 7.29. The summed E-state index contributed by atoms with van der Waals surface area (Å²) in [4.78, 5) is 23.8. The number of benzene rings is 1. The molecule has 26 heavy (non-hydrogen) atoms. The Morgan fingerprint density at radius 1 is 1.15 bits per heavy atom. The highest BCUT2D eigenvalue weighted by atomic mass is 32.1. The summed E-state index contributed by atoms with van der Waals surface area (Å²) in [6.07, 6.45) is 2.89. The maximum atomic E-state index is 12.8. The lowest BCUT2D eigenvalue weighted by Crippen LogP contribution is -2.28. The largest absolute Gasteiger partial charge is 0.508 e. The number of hydrogen-bond donors (Lipinski definition) is 2. The first-order valence-corrected chi connectivity index (χ1v) is 9.65. The fourth-order valence-corrected chi connectivity index (χ4v) is 3.95. The van der Waals surface area contributed by atoms with Crippen molar-refractivity contribution < 1.29 is 9.90 Å². The summed E-state index contributed by atoms with van der Waals surface area (Å²) in [5.74, 6) is 0.745. The van der Waals surface area contributed by atoms with Gasteiger partial charge >= 0.3 is 0 Å². The van der Waals surface area contributed by atoms with Crippen LogP contribution >= 0.6 is 11.3 Å². The lowest BCUT2D eigenvalue weighted by Gasteiger charge is -2.15. The van der Waals surface area contributed by atoms with Crippen molar-refractivity contribution in [2.45, 2.75) is 19.3 Å². The maximum absolute atomic E-state index is 12.8. The van der Waals surface area contributed by atoms with E-state index in [2.05, 4.69) is 15.3 Å². The number of aromatic nitrogens is 2. The van der Waals surface area contributed by atoms with Gasteiger partial charge in [0.2, 0.25) is 5.95 Å². The predicted octanol–water partition coefficient (Wildman–Crippen LogP) is 3.29. The van der Waals surface area contributed by atoms with Crippen LogP contribution in [-0.4, -0.2) is 45.5 Å². The van der Waals surface area contributed by atoms with Crippen molar-refractivity contribution in [2.75, 3.05) is 25.0 Å². The summed E-state index contributed by atoms with van der Waals surface area (Å²) in [7, 11) is 0. The monoisotopic (exact) mass is 368 g/mol. The number of phenols is 1. The molecule has 0 unspecified atom stereocenters. The van der Waals surface area contributed by atoms with Crippen LogP contribution in [-0.2, 0) is 6.42 Å². The number of likely N-dealkylation sites (tertiary alicyclic amines) is 1. The van der Waals surface area contributed by atoms with Crippen molar-refractivity contribution in [3.05, 3.63) is 47.0 Å². The lowest BCUT2D eigenvalue weighted by atomic mass is 10.1. The Bertz CT molecular complexity index is 917. The molecule has 2 N–H and O–H groups in total. The molecule has 1 saturated heterocycles. The van der Waals surface area contributed by atoms with Crippen molar-refractivity contribution >= 4 is 33.4 Å². The van der Waals surface area contributed by atoms with Gasteiger partial charge < -0.3 is 15.3 Å². The van der Waals surface area contributed by atoms with Crippen molar-refractivity contribution in [1.29, 1.82) is 0 Å². The van der Waals surface area contributed by atoms with Crippen molar-refractivity contribution in [1.82, 2.24) is 14.9 Å². The van der Waals surface area contributed by atoms with E-state index in [0.717, 1.165) is 48.1 Å². The number of nitrogens with zero attached hydrogens (tertiary/aromatic N) is 3. The van der Waals surface area contributed by atoms with Crippen LogP contribution < -0.4 is 5.32 Å². The van der Waals surface area contributed by atoms with Gasteiger partial charge in [0.1, 0.15) is 5.75 Å². The molecule has 1 fully saturated rings. The topological polar surface area (TPSA) is 78.3 Å². The number of carbonyl (C=O) groups is 1. The number of rotatable bonds is 5. The number of fused-ring (bicyclic) bond motifs is 1. The van der Waals surface area contributed by atoms with Crippen LogP contribution in [0.3, 0.4) is 0 Å². The minimum atomic E-state index is -0.000986. The second-order valence-electron chi connectivity index (χ2n) is 6.37. The molecule has 7 heteroatoms. The summed E-state index contributed by atoms with van der Waals surface area (Å²) in [5, 5.41) is 14.5. The fourth-order valence-electron chi connectivity index (χ4n) is 3.14. The van der Waals surface area contributed by atoms with Gasteiger partial charge in [0.25, 0.3) is 5.91 Å². The number of phenolic OH excluding ortho intramolecular Hbond substituents is 1. The van der Waals surface area contributed by atoms with E-state index in [0.29, 0.717) is 18.2 Å². The van der Waals surface area contributed by atoms with Crippen LogP contribution in [0.15, 0.2) is 35.7 Å². The SMILES string of the molecule is O=C(c1nc(NCCc2ccc(O)cc2)nc2ccsc12)N1CCCC1. The summed E-state index contributed by atoms with van der Waals surface area (Å²) in [5.41, 5.74) is 2.42. The first kappa shape index (κ1) is 16.8. The highest BCUT2D eigenvalue weighted by molar-refractivity contribution is 7.17. The molecule has 6 nitrogen and oxygen atoms in total. The van der Waals surface area contributed by atoms with Crippen molar-refractivity contribution in [3.63, 3.8) is 0 Å². The standard InChI is InChI=1S/C19H20N4O2S/c24-14-5-3-13(4-6-14)7-9-20-19-21-15-8-12-26-17(15)16(22-19)18(25)23-10-1-2-11-23/h3-6,8,12,24H,1-2,7,9-11H2,(H,20,21,22). The number of amides is 1. The van der Waals surface area contributed by atoms with Gasteiger partial charge in [0, 0.05) is 19.6 Å². The van der Waals surface area contributed by atoms with Crippen LogP contribution in [0.1, 0.15) is 28.9 Å². The average molecular weight is 368 g/mol. The van der Waals surface area contributed by atoms with Gasteiger partial charge in [0.15, 0.2) is 5.69 Å². The molecule has 134 valence electrons. The third-order valence-electron chi connectivity index (χ3n) is 4.53. The quantitative estimate of drug-likeness (QED) is 0.722. The summed E-state index contributed by atoms with van der Waals surface area (Å²) < 4.78 is 0.853. The van der Waals surface area contributed by atoms with Gasteiger partial charge in [-0.05, 0) is 48.4 Å². The molecule has 0 atom stereocenters. The van der Waals surface area contributed by atoms with Gasteiger partial charge in [-0.15, -0.1) is 11.3 Å². The first-order chi connectivity index (χ1) is 12.7. The van der Waals surface area contributed by atoms with E-state index in [1.807, 2.05) is 28.5 Å². The van der Waals surface area contributed by atoms with Crippen LogP contribution in [0, 0.1) is 0 Å². The van der Waals surface area contributed by atoms with Crippen LogP contribution in [0.5, 0.6) is 5.75 Å². The lowest BCUT2D eigenvalue weighted by molar-refractivity contribution is 0.0789. The Balaban J connectivity index is 1.51. The molecule has 0 bridgehead atoms. The van der Waals surface area contributed by atoms with Gasteiger partial charge in [-0.25, -0.2) is 9.97 Å². The molecule has 1 amide bonds. The molecule has 3 heterocycles. The number of hydrogen-bond acceptors (Lipinski definition) is 6. The summed E-state index contributed by atoms with van der Waals surface area (Å²) >= 11 is 1.51. The molecular formula is C19H20N4O2S. The third kappa shape index (κ3) is 3.48. The van der Waals surface area contributed by atoms with Crippen molar-refractivity contribution in [3.8, 4) is 5.75 Å². The molecule has 3 aromatic rings. The Morgan fingerprint density at radius 2 is 1.92 bits per heavy atom. The van der Waals surface area contributed by atoms with Crippen LogP contribution in [0.4, 0.5) is 5.95 Å².